The Bertz CT molecular complexity index is 643. The molecule has 0 amide bonds. The second-order valence-corrected chi connectivity index (χ2v) is 7.93. The summed E-state index contributed by atoms with van der Waals surface area (Å²) in [4.78, 5) is 12.9. The zero-order chi connectivity index (χ0) is 21.0. The van der Waals surface area contributed by atoms with Gasteiger partial charge in [-0.15, -0.1) is 0 Å². The maximum Gasteiger partial charge on any atom is 0.309 e. The van der Waals surface area contributed by atoms with Crippen molar-refractivity contribution in [3.05, 3.63) is 71.8 Å². The van der Waals surface area contributed by atoms with Gasteiger partial charge in [0.25, 0.3) is 0 Å². The molecule has 2 aromatic rings. The van der Waals surface area contributed by atoms with E-state index in [-0.39, 0.29) is 11.9 Å². The van der Waals surface area contributed by atoms with Crippen molar-refractivity contribution in [2.75, 3.05) is 32.8 Å². The monoisotopic (exact) mass is 396 g/mol. The van der Waals surface area contributed by atoms with E-state index < -0.39 is 0 Å². The number of hydrogen-bond donors (Lipinski definition) is 0. The van der Waals surface area contributed by atoms with Crippen LogP contribution in [0.5, 0.6) is 0 Å². The van der Waals surface area contributed by atoms with Crippen LogP contribution in [0.1, 0.15) is 44.7 Å². The zero-order valence-electron chi connectivity index (χ0n) is 18.5. The van der Waals surface area contributed by atoms with Crippen molar-refractivity contribution in [3.63, 3.8) is 0 Å². The average Bonchev–Trinajstić information content (AvgIpc) is 2.78. The van der Waals surface area contributed by atoms with E-state index >= 15 is 0 Å². The van der Waals surface area contributed by atoms with E-state index in [9.17, 15) is 4.79 Å². The van der Waals surface area contributed by atoms with Crippen LogP contribution in [-0.2, 0) is 22.4 Å². The van der Waals surface area contributed by atoms with Crippen molar-refractivity contribution in [1.29, 1.82) is 0 Å². The number of quaternary nitrogens is 1. The van der Waals surface area contributed by atoms with Crippen LogP contribution >= 0.6 is 0 Å². The smallest absolute Gasteiger partial charge is 0.309 e. The first-order valence-electron chi connectivity index (χ1n) is 11.2. The Morgan fingerprint density at radius 3 is 1.66 bits per heavy atom. The number of nitrogens with zero attached hydrogens (tertiary/aromatic N) is 1. The van der Waals surface area contributed by atoms with Gasteiger partial charge in [0.1, 0.15) is 13.2 Å². The minimum absolute atomic E-state index is 0.0294. The predicted octanol–water partition coefficient (Wildman–Crippen LogP) is 5.29. The van der Waals surface area contributed by atoms with Gasteiger partial charge in [-0.05, 0) is 57.6 Å². The van der Waals surface area contributed by atoms with Crippen LogP contribution in [0.15, 0.2) is 60.7 Å². The van der Waals surface area contributed by atoms with Crippen LogP contribution in [0.2, 0.25) is 0 Å². The molecule has 0 bridgehead atoms. The van der Waals surface area contributed by atoms with E-state index in [1.54, 1.807) is 0 Å². The first kappa shape index (κ1) is 23.2. The summed E-state index contributed by atoms with van der Waals surface area (Å²) < 4.78 is 6.79. The summed E-state index contributed by atoms with van der Waals surface area (Å²) in [5.74, 6) is -0.0829. The van der Waals surface area contributed by atoms with E-state index in [1.807, 2.05) is 12.1 Å². The van der Waals surface area contributed by atoms with Gasteiger partial charge in [-0.2, -0.15) is 0 Å². The van der Waals surface area contributed by atoms with Gasteiger partial charge in [-0.3, -0.25) is 4.79 Å². The Kier molecular flexibility index (Phi) is 9.93. The van der Waals surface area contributed by atoms with E-state index in [1.165, 1.54) is 11.1 Å². The maximum absolute atomic E-state index is 12.9. The summed E-state index contributed by atoms with van der Waals surface area (Å²) in [5, 5.41) is 0. The summed E-state index contributed by atoms with van der Waals surface area (Å²) in [6, 6.07) is 20.8. The number of hydrogen-bond acceptors (Lipinski definition) is 2. The standard InChI is InChI=1S/C26H38NO2/c1-4-27(5-2,6-3)21-22-29-26(28)25(19-17-23-13-9-7-10-14-23)20-18-24-15-11-8-12-16-24/h7-16,25H,4-6,17-22H2,1-3H3/q+1. The zero-order valence-corrected chi connectivity index (χ0v) is 18.5. The molecular weight excluding hydrogens is 358 g/mol. The van der Waals surface area contributed by atoms with Gasteiger partial charge in [0.15, 0.2) is 0 Å². The molecule has 158 valence electrons. The number of carbonyl (C=O) groups excluding carboxylic acids is 1. The molecule has 2 rings (SSSR count). The third kappa shape index (κ3) is 7.66. The normalized spacial score (nSPS) is 11.6. The summed E-state index contributed by atoms with van der Waals surface area (Å²) in [7, 11) is 0. The third-order valence-corrected chi connectivity index (χ3v) is 6.40. The Hall–Kier alpha value is -2.13. The number of aryl methyl sites for hydroxylation is 2. The number of ether oxygens (including phenoxy) is 1. The largest absolute Gasteiger partial charge is 0.459 e. The molecule has 0 unspecified atom stereocenters. The average molecular weight is 397 g/mol. The van der Waals surface area contributed by atoms with E-state index in [0.717, 1.165) is 56.3 Å². The molecule has 0 spiro atoms. The third-order valence-electron chi connectivity index (χ3n) is 6.40. The Balaban J connectivity index is 1.93. The minimum Gasteiger partial charge on any atom is -0.459 e. The minimum atomic E-state index is -0.0535. The van der Waals surface area contributed by atoms with Gasteiger partial charge in [0, 0.05) is 0 Å². The molecule has 3 nitrogen and oxygen atoms in total. The second-order valence-electron chi connectivity index (χ2n) is 7.93. The fourth-order valence-corrected chi connectivity index (χ4v) is 3.95. The highest BCUT2D eigenvalue weighted by Crippen LogP contribution is 2.19. The molecular formula is C26H38NO2+. The van der Waals surface area contributed by atoms with Crippen LogP contribution in [0.4, 0.5) is 0 Å². The van der Waals surface area contributed by atoms with Crippen LogP contribution < -0.4 is 0 Å². The van der Waals surface area contributed by atoms with Crippen molar-refractivity contribution in [2.24, 2.45) is 5.92 Å². The highest BCUT2D eigenvalue weighted by atomic mass is 16.5. The Labute approximate surface area is 177 Å². The summed E-state index contributed by atoms with van der Waals surface area (Å²) in [5.41, 5.74) is 2.56. The Morgan fingerprint density at radius 1 is 0.793 bits per heavy atom. The van der Waals surface area contributed by atoms with Gasteiger partial charge < -0.3 is 9.22 Å². The lowest BCUT2D eigenvalue weighted by Crippen LogP contribution is -2.49. The molecule has 0 aliphatic heterocycles. The quantitative estimate of drug-likeness (QED) is 0.340. The fourth-order valence-electron chi connectivity index (χ4n) is 3.95. The van der Waals surface area contributed by atoms with Gasteiger partial charge in [0.2, 0.25) is 0 Å². The molecule has 0 heterocycles. The fraction of sp³-hybridized carbons (Fsp3) is 0.500. The molecule has 0 N–H and O–H groups in total. The van der Waals surface area contributed by atoms with Gasteiger partial charge in [-0.1, -0.05) is 60.7 Å². The predicted molar refractivity (Wildman–Crippen MR) is 121 cm³/mol. The van der Waals surface area contributed by atoms with Crippen molar-refractivity contribution >= 4 is 5.97 Å². The summed E-state index contributed by atoms with van der Waals surface area (Å²) in [6.07, 6.45) is 3.50. The number of esters is 1. The molecule has 29 heavy (non-hydrogen) atoms. The first-order chi connectivity index (χ1) is 14.1. The number of likely N-dealkylation sites (N-methyl/N-ethyl adjacent to an activating group) is 1. The van der Waals surface area contributed by atoms with Crippen molar-refractivity contribution in [1.82, 2.24) is 0 Å². The van der Waals surface area contributed by atoms with Crippen molar-refractivity contribution in [3.8, 4) is 0 Å². The molecule has 2 aromatic carbocycles. The van der Waals surface area contributed by atoms with E-state index in [2.05, 4.69) is 69.3 Å². The Morgan fingerprint density at radius 2 is 1.24 bits per heavy atom. The van der Waals surface area contributed by atoms with Gasteiger partial charge in [-0.25, -0.2) is 0 Å². The van der Waals surface area contributed by atoms with Crippen LogP contribution in [0.3, 0.4) is 0 Å². The maximum atomic E-state index is 12.9. The lowest BCUT2D eigenvalue weighted by molar-refractivity contribution is -0.923. The molecule has 0 saturated heterocycles. The molecule has 0 fully saturated rings. The first-order valence-corrected chi connectivity index (χ1v) is 11.2. The molecule has 0 aliphatic rings. The molecule has 0 atom stereocenters. The molecule has 0 aliphatic carbocycles. The van der Waals surface area contributed by atoms with Gasteiger partial charge >= 0.3 is 5.97 Å². The van der Waals surface area contributed by atoms with E-state index in [4.69, 9.17) is 4.74 Å². The molecule has 0 radical (unpaired) electrons. The highest BCUT2D eigenvalue weighted by Gasteiger charge is 2.24. The van der Waals surface area contributed by atoms with E-state index in [0.29, 0.717) is 6.61 Å². The molecule has 3 heteroatoms. The van der Waals surface area contributed by atoms with Crippen LogP contribution in [0.25, 0.3) is 0 Å². The second kappa shape index (κ2) is 12.4. The lowest BCUT2D eigenvalue weighted by Gasteiger charge is -2.35. The van der Waals surface area contributed by atoms with Crippen LogP contribution in [0, 0.1) is 5.92 Å². The summed E-state index contributed by atoms with van der Waals surface area (Å²) in [6.45, 7) is 11.3. The van der Waals surface area contributed by atoms with Gasteiger partial charge in [0.05, 0.1) is 25.6 Å². The number of benzene rings is 2. The number of carbonyl (C=O) groups is 1. The topological polar surface area (TPSA) is 26.3 Å². The molecule has 0 aromatic heterocycles. The number of rotatable bonds is 13. The molecule has 0 saturated carbocycles. The van der Waals surface area contributed by atoms with Crippen molar-refractivity contribution in [2.45, 2.75) is 46.5 Å². The lowest BCUT2D eigenvalue weighted by atomic mass is 9.93. The SMILES string of the molecule is CC[N+](CC)(CC)CCOC(=O)C(CCc1ccccc1)CCc1ccccc1. The summed E-state index contributed by atoms with van der Waals surface area (Å²) >= 11 is 0. The van der Waals surface area contributed by atoms with Crippen molar-refractivity contribution < 1.29 is 14.0 Å². The van der Waals surface area contributed by atoms with Crippen LogP contribution in [-0.4, -0.2) is 43.2 Å². The highest BCUT2D eigenvalue weighted by molar-refractivity contribution is 5.72.